The maximum absolute atomic E-state index is 16.1. The van der Waals surface area contributed by atoms with Crippen LogP contribution in [0, 0.1) is 17.6 Å². The number of benzene rings is 2. The zero-order valence-electron chi connectivity index (χ0n) is 48.9. The van der Waals surface area contributed by atoms with Crippen LogP contribution in [-0.2, 0) is 63.7 Å². The van der Waals surface area contributed by atoms with Crippen molar-refractivity contribution < 1.29 is 90.3 Å². The summed E-state index contributed by atoms with van der Waals surface area (Å²) in [5, 5.41) is 27.2. The van der Waals surface area contributed by atoms with Gasteiger partial charge in [0.2, 0.25) is 17.7 Å². The van der Waals surface area contributed by atoms with Gasteiger partial charge in [-0.05, 0) is 77.0 Å². The predicted octanol–water partition coefficient (Wildman–Crippen LogP) is 5.20. The second kappa shape index (κ2) is 29.5. The van der Waals surface area contributed by atoms with Crippen LogP contribution in [0.2, 0.25) is 5.02 Å². The van der Waals surface area contributed by atoms with Crippen molar-refractivity contribution in [2.75, 3.05) is 50.5 Å². The number of unbranched alkanes of at least 4 members (excludes halogenated alkanes) is 1. The standard InChI is InChI=1S/C57H74ClF2N9O17/c1-29-14-12-17-42(82-9)57(79)28-41(83-55(78)67-57)31(3)50-56(5,85-50)43(27-46(72)68(6)39-23-33(22-29)24-40(81-8)48(39)58)84-54(77)66-38-26-34(59)37(25-35(38)60)65-51(74)36(16-13-21-62-53(61)76)64-52(75)49(32(4)80-7)63-30(2)15-10-11-18-47(73)86-69-44(70)19-20-45(69)71/h12,14,17,23-26,31-32,36,41-43,49-50,63,79H,2,10-11,13,15-16,18-22,27-28H2,1,3-9H3,(H,64,75)(H,65,74)(H,66,77)(H,67,78)(H3,61,62,76)/b17-12+,29-14+/t31-,32?,36+,41+,42-,43+,49+,50+,56+,57+/m1/s1. The van der Waals surface area contributed by atoms with E-state index in [9.17, 15) is 48.3 Å². The van der Waals surface area contributed by atoms with Crippen LogP contribution in [0.15, 0.2) is 60.3 Å². The van der Waals surface area contributed by atoms with E-state index in [2.05, 4.69) is 38.5 Å². The van der Waals surface area contributed by atoms with Crippen LogP contribution in [0.4, 0.5) is 40.2 Å². The van der Waals surface area contributed by atoms with Gasteiger partial charge >= 0.3 is 24.2 Å². The molecule has 4 aliphatic heterocycles. The fourth-order valence-corrected chi connectivity index (χ4v) is 10.4. The number of hydrogen-bond acceptors (Lipinski definition) is 18. The molecular formula is C57H74ClF2N9O17. The van der Waals surface area contributed by atoms with Gasteiger partial charge in [-0.2, -0.15) is 0 Å². The van der Waals surface area contributed by atoms with Gasteiger partial charge in [0.05, 0.1) is 42.8 Å². The Morgan fingerprint density at radius 2 is 1.62 bits per heavy atom. The highest BCUT2D eigenvalue weighted by Crippen LogP contribution is 2.49. The molecule has 0 radical (unpaired) electrons. The van der Waals surface area contributed by atoms with Crippen LogP contribution in [0.1, 0.15) is 97.5 Å². The first-order chi connectivity index (χ1) is 40.6. The van der Waals surface area contributed by atoms with Gasteiger partial charge < -0.3 is 70.3 Å². The molecule has 6 rings (SSSR count). The number of alkyl carbamates (subject to hydrolysis) is 1. The van der Waals surface area contributed by atoms with E-state index in [4.69, 9.17) is 50.6 Å². The van der Waals surface area contributed by atoms with Gasteiger partial charge in [-0.15, -0.1) is 5.06 Å². The maximum atomic E-state index is 16.1. The van der Waals surface area contributed by atoms with Crippen molar-refractivity contribution in [2.45, 2.75) is 152 Å². The van der Waals surface area contributed by atoms with Gasteiger partial charge in [-0.3, -0.25) is 34.6 Å². The average molecular weight is 1230 g/mol. The Hall–Kier alpha value is -7.92. The van der Waals surface area contributed by atoms with Crippen molar-refractivity contribution in [1.29, 1.82) is 0 Å². The van der Waals surface area contributed by atoms with Crippen LogP contribution in [-0.4, -0.2) is 153 Å². The van der Waals surface area contributed by atoms with Gasteiger partial charge in [-0.25, -0.2) is 28.0 Å². The molecule has 29 heteroatoms. The lowest BCUT2D eigenvalue weighted by atomic mass is 9.83. The third kappa shape index (κ3) is 17.2. The zero-order chi connectivity index (χ0) is 63.4. The molecule has 1 unspecified atom stereocenters. The number of halogens is 3. The van der Waals surface area contributed by atoms with Crippen molar-refractivity contribution in [2.24, 2.45) is 11.7 Å². The molecule has 470 valence electrons. The normalized spacial score (nSPS) is 25.1. The van der Waals surface area contributed by atoms with E-state index in [1.165, 1.54) is 40.2 Å². The third-order valence-corrected chi connectivity index (χ3v) is 15.5. The fourth-order valence-electron chi connectivity index (χ4n) is 10.1. The molecule has 9 amide bonds. The van der Waals surface area contributed by atoms with E-state index in [1.807, 2.05) is 6.92 Å². The maximum Gasteiger partial charge on any atom is 0.412 e. The number of carbonyl (C=O) groups is 9. The molecule has 26 nitrogen and oxygen atoms in total. The summed E-state index contributed by atoms with van der Waals surface area (Å²) in [4.78, 5) is 123. The molecule has 4 bridgehead atoms. The van der Waals surface area contributed by atoms with Gasteiger partial charge in [0.25, 0.3) is 11.8 Å². The lowest BCUT2D eigenvalue weighted by molar-refractivity contribution is -0.197. The number of aliphatic hydroxyl groups is 1. The van der Waals surface area contributed by atoms with Crippen molar-refractivity contribution in [3.8, 4) is 5.75 Å². The Kier molecular flexibility index (Phi) is 23.0. The molecule has 86 heavy (non-hydrogen) atoms. The minimum atomic E-state index is -1.97. The minimum absolute atomic E-state index is 0.0449. The summed E-state index contributed by atoms with van der Waals surface area (Å²) in [6, 6.07) is 0.988. The first-order valence-electron chi connectivity index (χ1n) is 27.6. The summed E-state index contributed by atoms with van der Waals surface area (Å²) in [5.74, 6) is -7.50. The Bertz CT molecular complexity index is 2990. The molecule has 2 aromatic rings. The second-order valence-corrected chi connectivity index (χ2v) is 21.9. The number of rotatable bonds is 22. The number of hydroxylamine groups is 2. The van der Waals surface area contributed by atoms with E-state index in [0.29, 0.717) is 41.3 Å². The molecule has 2 aromatic carbocycles. The Morgan fingerprint density at radius 3 is 2.26 bits per heavy atom. The number of nitrogens with two attached hydrogens (primary N) is 1. The molecular weight excluding hydrogens is 1160 g/mol. The number of primary amides is 1. The van der Waals surface area contributed by atoms with Gasteiger partial charge in [-0.1, -0.05) is 48.9 Å². The molecule has 0 aromatic heterocycles. The lowest BCUT2D eigenvalue weighted by Gasteiger charge is -2.42. The number of anilines is 3. The number of fused-ring (bicyclic) bond motifs is 5. The Labute approximate surface area is 500 Å². The summed E-state index contributed by atoms with van der Waals surface area (Å²) < 4.78 is 66.5. The number of methoxy groups -OCH3 is 3. The number of amides is 9. The van der Waals surface area contributed by atoms with E-state index in [1.54, 1.807) is 44.2 Å². The smallest absolute Gasteiger partial charge is 0.412 e. The van der Waals surface area contributed by atoms with Crippen molar-refractivity contribution in [3.63, 3.8) is 0 Å². The van der Waals surface area contributed by atoms with Crippen molar-refractivity contribution in [1.82, 2.24) is 26.3 Å². The Balaban J connectivity index is 1.18. The van der Waals surface area contributed by atoms with Crippen LogP contribution >= 0.6 is 11.6 Å². The van der Waals surface area contributed by atoms with Crippen molar-refractivity contribution in [3.05, 3.63) is 82.6 Å². The number of imide groups is 1. The number of nitrogens with one attached hydrogen (secondary N) is 6. The summed E-state index contributed by atoms with van der Waals surface area (Å²) in [5.41, 5.74) is 2.32. The molecule has 3 saturated heterocycles. The highest BCUT2D eigenvalue weighted by Gasteiger charge is 2.64. The highest BCUT2D eigenvalue weighted by atomic mass is 35.5. The predicted molar refractivity (Wildman–Crippen MR) is 305 cm³/mol. The third-order valence-electron chi connectivity index (χ3n) is 15.1. The molecule has 4 heterocycles. The minimum Gasteiger partial charge on any atom is -0.495 e. The van der Waals surface area contributed by atoms with E-state index in [-0.39, 0.29) is 74.4 Å². The molecule has 3 fully saturated rings. The quantitative estimate of drug-likeness (QED) is 0.0427. The second-order valence-electron chi connectivity index (χ2n) is 21.5. The highest BCUT2D eigenvalue weighted by molar-refractivity contribution is 6.35. The SMILES string of the molecule is C=C(CCCCC(=O)ON1C(=O)CCC1=O)N[C@H](C(=O)N[C@@H](CCCNC(N)=O)C(=O)Nc1cc(F)c(NC(=O)O[C@H]2CC(=O)N(C)c3cc(cc(OC)c3Cl)C/C(C)=C/C=C/[C@@H](OC)[C@@]3(O)C[C@H](OC(=O)N3)[C@@H](C)[C@@H]3O[C@@]23C)cc1F)C(C)OC. The van der Waals surface area contributed by atoms with Gasteiger partial charge in [0.15, 0.2) is 5.72 Å². The number of hydrogen-bond donors (Lipinski definition) is 8. The number of allylic oxidation sites excluding steroid dienone is 4. The first kappa shape index (κ1) is 67.2. The summed E-state index contributed by atoms with van der Waals surface area (Å²) in [6.45, 7) is 10.5. The molecule has 0 spiro atoms. The summed E-state index contributed by atoms with van der Waals surface area (Å²) in [7, 11) is 5.55. The largest absolute Gasteiger partial charge is 0.495 e. The number of urea groups is 1. The number of ether oxygens (including phenoxy) is 6. The number of epoxide rings is 1. The number of carbonyl (C=O) groups excluding carboxylic acids is 9. The monoisotopic (exact) mass is 1230 g/mol. The van der Waals surface area contributed by atoms with Crippen LogP contribution in [0.3, 0.4) is 0 Å². The van der Waals surface area contributed by atoms with Crippen LogP contribution in [0.5, 0.6) is 5.75 Å². The van der Waals surface area contributed by atoms with E-state index >= 15 is 8.78 Å². The zero-order valence-corrected chi connectivity index (χ0v) is 49.7. The fraction of sp³-hybridized carbons (Fsp3) is 0.526. The van der Waals surface area contributed by atoms with E-state index in [0.717, 1.165) is 5.57 Å². The summed E-state index contributed by atoms with van der Waals surface area (Å²) in [6.07, 6.45) is -2.58. The van der Waals surface area contributed by atoms with Gasteiger partial charge in [0.1, 0.15) is 58.4 Å². The molecule has 0 aliphatic carbocycles. The van der Waals surface area contributed by atoms with Crippen LogP contribution < -0.4 is 47.3 Å². The molecule has 0 saturated carbocycles. The average Bonchev–Trinajstić information content (AvgIpc) is 1.62. The summed E-state index contributed by atoms with van der Waals surface area (Å²) >= 11 is 6.79. The topological polar surface area (TPSA) is 346 Å². The van der Waals surface area contributed by atoms with E-state index < -0.39 is 143 Å². The lowest BCUT2D eigenvalue weighted by Crippen LogP contribution is -2.63. The Morgan fingerprint density at radius 1 is 0.953 bits per heavy atom. The molecule has 4 aliphatic rings. The van der Waals surface area contributed by atoms with Crippen molar-refractivity contribution >= 4 is 82.4 Å². The molecule has 10 atom stereocenters. The first-order valence-corrected chi connectivity index (χ1v) is 28.0. The van der Waals surface area contributed by atoms with Gasteiger partial charge in [0, 0.05) is 77.2 Å². The van der Waals surface area contributed by atoms with Crippen LogP contribution in [0.25, 0.3) is 0 Å². The number of nitrogens with zero attached hydrogens (tertiary/aromatic N) is 2. The molecule has 9 N–H and O–H groups in total.